The van der Waals surface area contributed by atoms with Gasteiger partial charge in [0.1, 0.15) is 0 Å². The second kappa shape index (κ2) is 2.23. The highest BCUT2D eigenvalue weighted by Gasteiger charge is 2.18. The Kier molecular flexibility index (Phi) is 1.35. The second-order valence-corrected chi connectivity index (χ2v) is 2.94. The molecule has 0 radical (unpaired) electrons. The first-order chi connectivity index (χ1) is 5.27. The number of H-pyrrole nitrogens is 1. The van der Waals surface area contributed by atoms with E-state index in [1.807, 2.05) is 7.05 Å². The van der Waals surface area contributed by atoms with E-state index < -0.39 is 0 Å². The molecule has 1 aliphatic heterocycles. The molecule has 0 bridgehead atoms. The Morgan fingerprint density at radius 2 is 2.45 bits per heavy atom. The Balaban J connectivity index is 2.45. The summed E-state index contributed by atoms with van der Waals surface area (Å²) in [6.07, 6.45) is 0.886. The third-order valence-electron chi connectivity index (χ3n) is 2.05. The van der Waals surface area contributed by atoms with E-state index in [9.17, 15) is 4.79 Å². The minimum Gasteiger partial charge on any atom is -0.339 e. The van der Waals surface area contributed by atoms with Gasteiger partial charge in [0.2, 0.25) is 0 Å². The highest BCUT2D eigenvalue weighted by atomic mass is 16.5. The number of aromatic nitrogens is 1. The van der Waals surface area contributed by atoms with E-state index in [0.29, 0.717) is 6.54 Å². The molecule has 1 N–H and O–H groups in total. The van der Waals surface area contributed by atoms with Gasteiger partial charge in [-0.05, 0) is 7.05 Å². The number of hydrogen-bond acceptors (Lipinski definition) is 3. The highest BCUT2D eigenvalue weighted by molar-refractivity contribution is 5.17. The summed E-state index contributed by atoms with van der Waals surface area (Å²) in [6.45, 7) is 1.70. The molecule has 0 saturated carbocycles. The minimum absolute atomic E-state index is 0.216. The smallest absolute Gasteiger partial charge is 0.339 e. The number of nitrogens with one attached hydrogen (secondary N) is 1. The van der Waals surface area contributed by atoms with Crippen LogP contribution in [0.2, 0.25) is 0 Å². The average molecular weight is 154 g/mol. The molecule has 1 aliphatic rings. The predicted octanol–water partition coefficient (Wildman–Crippen LogP) is -0.0442. The van der Waals surface area contributed by atoms with Crippen LogP contribution in [-0.2, 0) is 13.0 Å². The molecule has 0 aliphatic carbocycles. The Hall–Kier alpha value is -1.03. The lowest BCUT2D eigenvalue weighted by Gasteiger charge is -2.19. The predicted molar refractivity (Wildman–Crippen MR) is 39.4 cm³/mol. The first kappa shape index (κ1) is 6.67. The van der Waals surface area contributed by atoms with Crippen molar-refractivity contribution in [3.63, 3.8) is 0 Å². The molecule has 0 atom stereocenters. The molecule has 4 nitrogen and oxygen atoms in total. The molecule has 0 unspecified atom stereocenters. The van der Waals surface area contributed by atoms with Gasteiger partial charge in [-0.3, -0.25) is 0 Å². The van der Waals surface area contributed by atoms with Crippen LogP contribution in [0.25, 0.3) is 0 Å². The van der Waals surface area contributed by atoms with E-state index in [1.165, 1.54) is 0 Å². The van der Waals surface area contributed by atoms with Crippen molar-refractivity contribution in [3.8, 4) is 0 Å². The van der Waals surface area contributed by atoms with Gasteiger partial charge in [0.25, 0.3) is 0 Å². The molecule has 2 heterocycles. The van der Waals surface area contributed by atoms with Crippen molar-refractivity contribution < 1.29 is 4.52 Å². The van der Waals surface area contributed by atoms with Gasteiger partial charge in [-0.1, -0.05) is 0 Å². The van der Waals surface area contributed by atoms with E-state index in [0.717, 1.165) is 24.2 Å². The zero-order valence-corrected chi connectivity index (χ0v) is 6.39. The normalized spacial score (nSPS) is 18.3. The Labute approximate surface area is 63.8 Å². The van der Waals surface area contributed by atoms with Crippen molar-refractivity contribution in [2.75, 3.05) is 13.6 Å². The van der Waals surface area contributed by atoms with Crippen molar-refractivity contribution in [3.05, 3.63) is 21.7 Å². The fraction of sp³-hybridized carbons (Fsp3) is 0.571. The minimum atomic E-state index is -0.216. The molecule has 0 spiro atoms. The summed E-state index contributed by atoms with van der Waals surface area (Å²) >= 11 is 0. The topological polar surface area (TPSA) is 49.2 Å². The zero-order valence-electron chi connectivity index (χ0n) is 6.39. The van der Waals surface area contributed by atoms with Gasteiger partial charge < -0.3 is 9.42 Å². The van der Waals surface area contributed by atoms with Crippen molar-refractivity contribution in [2.45, 2.75) is 13.0 Å². The van der Waals surface area contributed by atoms with E-state index in [4.69, 9.17) is 0 Å². The molecule has 1 aromatic heterocycles. The number of nitrogens with zero attached hydrogens (tertiary/aromatic N) is 1. The molecule has 0 fully saturated rings. The SMILES string of the molecule is CN1CCc2[nH]oc(=O)c2C1. The summed E-state index contributed by atoms with van der Waals surface area (Å²) in [4.78, 5) is 13.1. The van der Waals surface area contributed by atoms with E-state index in [1.54, 1.807) is 0 Å². The molecular formula is C7H10N2O2. The summed E-state index contributed by atoms with van der Waals surface area (Å²) in [7, 11) is 2.00. The Morgan fingerprint density at radius 3 is 3.27 bits per heavy atom. The van der Waals surface area contributed by atoms with Crippen LogP contribution in [-0.4, -0.2) is 23.6 Å². The summed E-state index contributed by atoms with van der Waals surface area (Å²) in [5.74, 6) is 0. The quantitative estimate of drug-likeness (QED) is 0.570. The van der Waals surface area contributed by atoms with Crippen LogP contribution in [0.4, 0.5) is 0 Å². The summed E-state index contributed by atoms with van der Waals surface area (Å²) < 4.78 is 4.66. The lowest BCUT2D eigenvalue weighted by atomic mass is 10.1. The molecular weight excluding hydrogens is 144 g/mol. The third kappa shape index (κ3) is 0.991. The highest BCUT2D eigenvalue weighted by Crippen LogP contribution is 2.11. The number of aromatic amines is 1. The van der Waals surface area contributed by atoms with Crippen LogP contribution in [0.15, 0.2) is 9.32 Å². The monoisotopic (exact) mass is 154 g/mol. The van der Waals surface area contributed by atoms with Crippen LogP contribution in [0.5, 0.6) is 0 Å². The second-order valence-electron chi connectivity index (χ2n) is 2.94. The van der Waals surface area contributed by atoms with Gasteiger partial charge in [0.15, 0.2) is 0 Å². The summed E-state index contributed by atoms with van der Waals surface area (Å²) in [5, 5.41) is 2.63. The Morgan fingerprint density at radius 1 is 1.64 bits per heavy atom. The maximum absolute atomic E-state index is 11.0. The lowest BCUT2D eigenvalue weighted by molar-refractivity contribution is 0.310. The van der Waals surface area contributed by atoms with Crippen LogP contribution in [0, 0.1) is 0 Å². The molecule has 4 heteroatoms. The first-order valence-electron chi connectivity index (χ1n) is 3.65. The van der Waals surface area contributed by atoms with Gasteiger partial charge in [-0.15, -0.1) is 0 Å². The summed E-state index contributed by atoms with van der Waals surface area (Å²) in [5.41, 5.74) is 1.54. The van der Waals surface area contributed by atoms with Crippen molar-refractivity contribution in [1.29, 1.82) is 0 Å². The number of hydrogen-bond donors (Lipinski definition) is 1. The fourth-order valence-electron chi connectivity index (χ4n) is 1.37. The lowest BCUT2D eigenvalue weighted by Crippen LogP contribution is -2.28. The van der Waals surface area contributed by atoms with Gasteiger partial charge in [-0.2, -0.15) is 0 Å². The van der Waals surface area contributed by atoms with E-state index in [-0.39, 0.29) is 5.63 Å². The maximum atomic E-state index is 11.0. The molecule has 0 amide bonds. The molecule has 0 saturated heterocycles. The molecule has 1 aromatic rings. The first-order valence-corrected chi connectivity index (χ1v) is 3.65. The molecule has 60 valence electrons. The molecule has 0 aromatic carbocycles. The molecule has 11 heavy (non-hydrogen) atoms. The van der Waals surface area contributed by atoms with Crippen LogP contribution < -0.4 is 5.63 Å². The van der Waals surface area contributed by atoms with Crippen molar-refractivity contribution >= 4 is 0 Å². The van der Waals surface area contributed by atoms with E-state index >= 15 is 0 Å². The standard InChI is InChI=1S/C7H10N2O2/c1-9-3-2-6-5(4-9)7(10)11-8-6/h8H,2-4H2,1H3. The third-order valence-corrected chi connectivity index (χ3v) is 2.05. The van der Waals surface area contributed by atoms with E-state index in [2.05, 4.69) is 14.6 Å². The largest absolute Gasteiger partial charge is 0.361 e. The van der Waals surface area contributed by atoms with Gasteiger partial charge in [0, 0.05) is 19.5 Å². The van der Waals surface area contributed by atoms with Crippen LogP contribution in [0.3, 0.4) is 0 Å². The van der Waals surface area contributed by atoms with Crippen LogP contribution in [0.1, 0.15) is 11.3 Å². The zero-order chi connectivity index (χ0) is 7.84. The van der Waals surface area contributed by atoms with Gasteiger partial charge in [-0.25, -0.2) is 9.95 Å². The number of likely N-dealkylation sites (N-methyl/N-ethyl adjacent to an activating group) is 1. The van der Waals surface area contributed by atoms with Gasteiger partial charge in [0.05, 0.1) is 11.3 Å². The fourth-order valence-corrected chi connectivity index (χ4v) is 1.37. The van der Waals surface area contributed by atoms with Crippen LogP contribution >= 0.6 is 0 Å². The molecule has 2 rings (SSSR count). The average Bonchev–Trinajstić information content (AvgIpc) is 2.33. The maximum Gasteiger partial charge on any atom is 0.361 e. The van der Waals surface area contributed by atoms with Gasteiger partial charge >= 0.3 is 5.63 Å². The number of fused-ring (bicyclic) bond motifs is 1. The van der Waals surface area contributed by atoms with Crippen molar-refractivity contribution in [1.82, 2.24) is 10.1 Å². The Bertz CT molecular complexity index is 312. The van der Waals surface area contributed by atoms with Crippen molar-refractivity contribution in [2.24, 2.45) is 0 Å². The number of rotatable bonds is 0. The summed E-state index contributed by atoms with van der Waals surface area (Å²) in [6, 6.07) is 0.